The van der Waals surface area contributed by atoms with Crippen LogP contribution in [0, 0.1) is 17.8 Å². The van der Waals surface area contributed by atoms with Crippen LogP contribution in [0.4, 0.5) is 0 Å². The van der Waals surface area contributed by atoms with Gasteiger partial charge in [0.25, 0.3) is 0 Å². The van der Waals surface area contributed by atoms with E-state index >= 15 is 0 Å². The summed E-state index contributed by atoms with van der Waals surface area (Å²) in [4.78, 5) is 0. The van der Waals surface area contributed by atoms with Crippen LogP contribution < -0.4 is 0 Å². The number of rotatable bonds is 14. The van der Waals surface area contributed by atoms with E-state index in [-0.39, 0.29) is 12.5 Å². The lowest BCUT2D eigenvalue weighted by atomic mass is 9.93. The second kappa shape index (κ2) is 12.2. The first-order valence-electron chi connectivity index (χ1n) is 8.39. The van der Waals surface area contributed by atoms with Crippen LogP contribution in [-0.2, 0) is 27.7 Å². The van der Waals surface area contributed by atoms with Crippen LogP contribution in [0.5, 0.6) is 0 Å². The Hall–Kier alpha value is -0.230. The van der Waals surface area contributed by atoms with Gasteiger partial charge in [-0.05, 0) is 24.2 Å². The van der Waals surface area contributed by atoms with E-state index in [9.17, 15) is 17.5 Å². The van der Waals surface area contributed by atoms with Crippen LogP contribution in [0.15, 0.2) is 0 Å². The lowest BCUT2D eigenvalue weighted by Gasteiger charge is -2.15. The Balaban J connectivity index is 3.79. The lowest BCUT2D eigenvalue weighted by molar-refractivity contribution is 0.224. The highest BCUT2D eigenvalue weighted by molar-refractivity contribution is 7.84. The summed E-state index contributed by atoms with van der Waals surface area (Å²) in [6, 6.07) is 0. The van der Waals surface area contributed by atoms with E-state index in [1.165, 1.54) is 25.7 Å². The maximum absolute atomic E-state index is 11.1. The summed E-state index contributed by atoms with van der Waals surface area (Å²) >= 11 is 0. The standard InChI is InChI=1S/C15H31O6PS/c1-5-13(2)8-6-9-14(3)10-7-11-15(4)12-20-23(18,19)21-22(16)17/h13-15H,5-12H2,1-4H3. The van der Waals surface area contributed by atoms with Crippen molar-refractivity contribution in [3.05, 3.63) is 0 Å². The first kappa shape index (κ1) is 22.8. The lowest BCUT2D eigenvalue weighted by Crippen LogP contribution is -2.12. The highest BCUT2D eigenvalue weighted by Crippen LogP contribution is 2.21. The molecule has 0 fully saturated rings. The van der Waals surface area contributed by atoms with E-state index in [0.29, 0.717) is 5.92 Å². The van der Waals surface area contributed by atoms with Crippen molar-refractivity contribution < 1.29 is 25.7 Å². The fourth-order valence-corrected chi connectivity index (χ4v) is 3.52. The molecule has 8 heteroatoms. The van der Waals surface area contributed by atoms with Crippen molar-refractivity contribution in [2.45, 2.75) is 72.6 Å². The molecule has 0 aliphatic carbocycles. The molecule has 0 aromatic heterocycles. The van der Waals surface area contributed by atoms with Gasteiger partial charge in [0.2, 0.25) is 0 Å². The fraction of sp³-hybridized carbons (Fsp3) is 1.00. The van der Waals surface area contributed by atoms with Crippen LogP contribution in [0.2, 0.25) is 0 Å². The highest BCUT2D eigenvalue weighted by atomic mass is 32.3. The number of hydrogen-bond donors (Lipinski definition) is 0. The first-order valence-corrected chi connectivity index (χ1v) is 10.8. The van der Waals surface area contributed by atoms with E-state index in [0.717, 1.165) is 25.2 Å². The van der Waals surface area contributed by atoms with Gasteiger partial charge in [0, 0.05) is 0 Å². The minimum atomic E-state index is -4.44. The predicted molar refractivity (Wildman–Crippen MR) is 89.7 cm³/mol. The maximum Gasteiger partial charge on any atom is 0.485 e. The van der Waals surface area contributed by atoms with E-state index < -0.39 is 18.3 Å². The summed E-state index contributed by atoms with van der Waals surface area (Å²) in [5.41, 5.74) is 0. The summed E-state index contributed by atoms with van der Waals surface area (Å²) in [5, 5.41) is 0. The Morgan fingerprint density at radius 3 is 1.83 bits per heavy atom. The zero-order valence-corrected chi connectivity index (χ0v) is 16.4. The molecule has 0 saturated heterocycles. The Morgan fingerprint density at radius 1 is 0.870 bits per heavy atom. The van der Waals surface area contributed by atoms with Gasteiger partial charge in [0.05, 0.1) is 6.61 Å². The second-order valence-electron chi connectivity index (χ2n) is 6.58. The van der Waals surface area contributed by atoms with E-state index in [1.54, 1.807) is 0 Å². The molecule has 0 radical (unpaired) electrons. The summed E-state index contributed by atoms with van der Waals surface area (Å²) in [6.45, 7) is 8.57. The van der Waals surface area contributed by atoms with Gasteiger partial charge in [-0.3, -0.25) is 0 Å². The van der Waals surface area contributed by atoms with Crippen molar-refractivity contribution in [3.63, 3.8) is 0 Å². The van der Waals surface area contributed by atoms with Gasteiger partial charge in [0.15, 0.2) is 0 Å². The third-order valence-electron chi connectivity index (χ3n) is 4.13. The molecule has 0 saturated carbocycles. The van der Waals surface area contributed by atoms with Crippen molar-refractivity contribution in [3.8, 4) is 0 Å². The largest absolute Gasteiger partial charge is 0.485 e. The molecular weight excluding hydrogens is 339 g/mol. The van der Waals surface area contributed by atoms with Gasteiger partial charge in [-0.1, -0.05) is 66.2 Å². The average molecular weight is 370 g/mol. The molecule has 0 aromatic carbocycles. The molecule has 138 valence electrons. The summed E-state index contributed by atoms with van der Waals surface area (Å²) in [6.07, 6.45) is 7.97. The van der Waals surface area contributed by atoms with Crippen LogP contribution in [0.1, 0.15) is 72.6 Å². The van der Waals surface area contributed by atoms with Crippen molar-refractivity contribution in [2.24, 2.45) is 17.8 Å². The molecule has 0 spiro atoms. The summed E-state index contributed by atoms with van der Waals surface area (Å²) < 4.78 is 50.9. The first-order chi connectivity index (χ1) is 10.7. The molecule has 6 nitrogen and oxygen atoms in total. The molecule has 0 rings (SSSR count). The molecule has 3 atom stereocenters. The predicted octanol–water partition coefficient (Wildman–Crippen LogP) is 5.01. The average Bonchev–Trinajstić information content (AvgIpc) is 2.43. The number of hydrogen-bond acceptors (Lipinski definition) is 6. The van der Waals surface area contributed by atoms with Crippen LogP contribution >= 0.6 is 7.91 Å². The molecule has 0 heterocycles. The van der Waals surface area contributed by atoms with Crippen molar-refractivity contribution in [1.29, 1.82) is 0 Å². The molecule has 0 aliphatic heterocycles. The molecule has 0 aliphatic rings. The van der Waals surface area contributed by atoms with Gasteiger partial charge in [-0.25, -0.2) is 13.3 Å². The minimum Gasteiger partial charge on any atom is -0.247 e. The monoisotopic (exact) mass is 370 g/mol. The van der Waals surface area contributed by atoms with Crippen LogP contribution in [-0.4, -0.2) is 15.0 Å². The second-order valence-corrected chi connectivity index (χ2v) is 8.67. The molecule has 0 amide bonds. The van der Waals surface area contributed by atoms with E-state index in [2.05, 4.69) is 28.9 Å². The van der Waals surface area contributed by atoms with E-state index in [4.69, 9.17) is 0 Å². The van der Waals surface area contributed by atoms with Crippen molar-refractivity contribution in [2.75, 3.05) is 6.61 Å². The zero-order chi connectivity index (χ0) is 17.9. The topological polar surface area (TPSA) is 86.7 Å². The third kappa shape index (κ3) is 13.9. The van der Waals surface area contributed by atoms with Gasteiger partial charge in [-0.2, -0.15) is 8.42 Å². The van der Waals surface area contributed by atoms with Gasteiger partial charge in [0.1, 0.15) is 0 Å². The quantitative estimate of drug-likeness (QED) is 0.399. The highest BCUT2D eigenvalue weighted by Gasteiger charge is 2.17. The minimum absolute atomic E-state index is 0.0326. The Labute approximate surface area is 141 Å². The SMILES string of the molecule is CCC(C)CCCC(C)CCCC(C)COS(=O)(=O)OP(=O)=O. The Morgan fingerprint density at radius 2 is 1.35 bits per heavy atom. The maximum atomic E-state index is 11.1. The van der Waals surface area contributed by atoms with Crippen molar-refractivity contribution >= 4 is 18.3 Å². The van der Waals surface area contributed by atoms with Gasteiger partial charge >= 0.3 is 18.3 Å². The molecular formula is C15H31O6PS. The molecule has 0 bridgehead atoms. The van der Waals surface area contributed by atoms with Crippen LogP contribution in [0.3, 0.4) is 0 Å². The summed E-state index contributed by atoms with van der Waals surface area (Å²) in [7, 11) is -7.90. The molecule has 0 aromatic rings. The van der Waals surface area contributed by atoms with E-state index in [1.807, 2.05) is 6.92 Å². The normalized spacial score (nSPS) is 16.0. The summed E-state index contributed by atoms with van der Waals surface area (Å²) in [5.74, 6) is 1.50. The Bertz CT molecular complexity index is 466. The molecule has 0 N–H and O–H groups in total. The van der Waals surface area contributed by atoms with Crippen molar-refractivity contribution in [1.82, 2.24) is 0 Å². The molecule has 3 unspecified atom stereocenters. The van der Waals surface area contributed by atoms with Crippen LogP contribution in [0.25, 0.3) is 0 Å². The third-order valence-corrected chi connectivity index (χ3v) is 5.78. The smallest absolute Gasteiger partial charge is 0.247 e. The molecule has 23 heavy (non-hydrogen) atoms. The Kier molecular flexibility index (Phi) is 12.1. The zero-order valence-electron chi connectivity index (χ0n) is 14.7. The fourth-order valence-electron chi connectivity index (χ4n) is 2.36. The van der Waals surface area contributed by atoms with Gasteiger partial charge < -0.3 is 0 Å². The van der Waals surface area contributed by atoms with Gasteiger partial charge in [-0.15, -0.1) is 3.97 Å².